The molecular weight excluding hydrogens is 358 g/mol. The lowest BCUT2D eigenvalue weighted by atomic mass is 10.3. The van der Waals surface area contributed by atoms with Crippen LogP contribution < -0.4 is 10.7 Å². The Balaban J connectivity index is 1.95. The summed E-state index contributed by atoms with van der Waals surface area (Å²) in [6.45, 7) is -0.190. The van der Waals surface area contributed by atoms with E-state index >= 15 is 0 Å². The summed E-state index contributed by atoms with van der Waals surface area (Å²) in [5, 5.41) is 11.6. The van der Waals surface area contributed by atoms with E-state index < -0.39 is 15.9 Å². The van der Waals surface area contributed by atoms with Crippen molar-refractivity contribution in [3.8, 4) is 5.88 Å². The summed E-state index contributed by atoms with van der Waals surface area (Å²) in [6.07, 6.45) is 1.57. The highest BCUT2D eigenvalue weighted by Crippen LogP contribution is 2.28. The number of thiazole rings is 1. The molecule has 120 valence electrons. The molecule has 2 heterocycles. The molecular formula is C13H10N3O4S3-. The van der Waals surface area contributed by atoms with Crippen LogP contribution in [0.2, 0.25) is 0 Å². The van der Waals surface area contributed by atoms with E-state index in [0.717, 1.165) is 22.1 Å². The van der Waals surface area contributed by atoms with Crippen LogP contribution in [0, 0.1) is 3.95 Å². The van der Waals surface area contributed by atoms with Crippen molar-refractivity contribution >= 4 is 39.7 Å². The summed E-state index contributed by atoms with van der Waals surface area (Å²) >= 11 is 6.18. The molecule has 7 nitrogen and oxygen atoms in total. The fourth-order valence-electron chi connectivity index (χ4n) is 2.02. The zero-order valence-electron chi connectivity index (χ0n) is 11.5. The minimum Gasteiger partial charge on any atom is -0.748 e. The van der Waals surface area contributed by atoms with E-state index in [-0.39, 0.29) is 16.4 Å². The molecule has 1 aliphatic rings. The number of nitrogens with zero attached hydrogens (tertiary/aromatic N) is 3. The van der Waals surface area contributed by atoms with Crippen molar-refractivity contribution in [2.24, 2.45) is 9.98 Å². The van der Waals surface area contributed by atoms with Crippen LogP contribution in [0.15, 0.2) is 40.1 Å². The molecule has 10 heteroatoms. The topological polar surface area (TPSA) is 107 Å². The second kappa shape index (κ2) is 5.96. The van der Waals surface area contributed by atoms with Crippen LogP contribution in [-0.2, 0) is 16.7 Å². The Morgan fingerprint density at radius 2 is 1.91 bits per heavy atom. The fourth-order valence-corrected chi connectivity index (χ4v) is 3.71. The van der Waals surface area contributed by atoms with Gasteiger partial charge in [-0.3, -0.25) is 4.57 Å². The first kappa shape index (κ1) is 16.0. The maximum atomic E-state index is 10.7. The van der Waals surface area contributed by atoms with Crippen LogP contribution in [0.3, 0.4) is 0 Å². The average molecular weight is 368 g/mol. The van der Waals surface area contributed by atoms with Crippen LogP contribution in [0.5, 0.6) is 5.88 Å². The first-order valence-electron chi connectivity index (χ1n) is 6.44. The molecule has 0 unspecified atom stereocenters. The first-order valence-corrected chi connectivity index (χ1v) is 9.24. The third kappa shape index (κ3) is 3.55. The molecule has 0 aliphatic carbocycles. The average Bonchev–Trinajstić information content (AvgIpc) is 2.98. The van der Waals surface area contributed by atoms with Crippen LogP contribution in [0.1, 0.15) is 4.88 Å². The van der Waals surface area contributed by atoms with Gasteiger partial charge in [0.05, 0.1) is 31.5 Å². The van der Waals surface area contributed by atoms with Gasteiger partial charge < -0.3 is 9.66 Å². The smallest absolute Gasteiger partial charge is 0.210 e. The Labute approximate surface area is 140 Å². The van der Waals surface area contributed by atoms with Crippen LogP contribution in [0.4, 0.5) is 0 Å². The van der Waals surface area contributed by atoms with Gasteiger partial charge in [-0.05, 0) is 24.4 Å². The van der Waals surface area contributed by atoms with Crippen LogP contribution in [0.25, 0.3) is 6.08 Å². The van der Waals surface area contributed by atoms with Gasteiger partial charge in [0.15, 0.2) is 9.78 Å². The molecule has 1 N–H and O–H groups in total. The summed E-state index contributed by atoms with van der Waals surface area (Å²) in [7, 11) is -4.38. The summed E-state index contributed by atoms with van der Waals surface area (Å²) in [5.74, 6) is -0.416. The molecule has 23 heavy (non-hydrogen) atoms. The van der Waals surface area contributed by atoms with E-state index in [4.69, 9.17) is 12.2 Å². The molecule has 1 aliphatic heterocycles. The highest BCUT2D eigenvalue weighted by atomic mass is 32.2. The largest absolute Gasteiger partial charge is 0.748 e. The Bertz CT molecular complexity index is 1040. The van der Waals surface area contributed by atoms with Gasteiger partial charge >= 0.3 is 0 Å². The Morgan fingerprint density at radius 3 is 2.48 bits per heavy atom. The molecule has 0 atom stereocenters. The number of hydrogen-bond donors (Lipinski definition) is 1. The van der Waals surface area contributed by atoms with Crippen molar-refractivity contribution in [2.75, 3.05) is 5.75 Å². The summed E-state index contributed by atoms with van der Waals surface area (Å²) in [5.41, 5.74) is 0. The van der Waals surface area contributed by atoms with Gasteiger partial charge in [-0.15, -0.1) is 11.3 Å². The monoisotopic (exact) mass is 368 g/mol. The molecule has 1 aromatic carbocycles. The van der Waals surface area contributed by atoms with Gasteiger partial charge in [0.25, 0.3) is 0 Å². The van der Waals surface area contributed by atoms with Crippen LogP contribution >= 0.6 is 23.6 Å². The molecule has 0 bridgehead atoms. The lowest BCUT2D eigenvalue weighted by Crippen LogP contribution is -2.19. The van der Waals surface area contributed by atoms with Crippen LogP contribution in [-0.4, -0.2) is 28.4 Å². The van der Waals surface area contributed by atoms with Gasteiger partial charge in [-0.1, -0.05) is 12.1 Å². The van der Waals surface area contributed by atoms with Crippen molar-refractivity contribution in [2.45, 2.75) is 6.54 Å². The van der Waals surface area contributed by atoms with Gasteiger partial charge in [0, 0.05) is 12.6 Å². The quantitative estimate of drug-likeness (QED) is 0.634. The second-order valence-corrected chi connectivity index (χ2v) is 7.88. The van der Waals surface area contributed by atoms with E-state index in [1.807, 2.05) is 24.3 Å². The minimum absolute atomic E-state index is 0.190. The number of para-hydroxylation sites is 2. The number of hydrogen-bond acceptors (Lipinski definition) is 8. The number of aromatic hydroxyl groups is 1. The third-order valence-electron chi connectivity index (χ3n) is 3.07. The second-order valence-electron chi connectivity index (χ2n) is 4.68. The van der Waals surface area contributed by atoms with Gasteiger partial charge in [0.2, 0.25) is 5.88 Å². The van der Waals surface area contributed by atoms with Crippen molar-refractivity contribution in [1.82, 2.24) is 4.57 Å². The highest BCUT2D eigenvalue weighted by Gasteiger charge is 2.12. The maximum absolute atomic E-state index is 10.7. The third-order valence-corrected chi connectivity index (χ3v) is 5.14. The molecule has 0 amide bonds. The Kier molecular flexibility index (Phi) is 4.15. The Morgan fingerprint density at radius 1 is 1.30 bits per heavy atom. The number of rotatable bonds is 4. The predicted octanol–water partition coefficient (Wildman–Crippen LogP) is 0.781. The Hall–Kier alpha value is -1.88. The van der Waals surface area contributed by atoms with Gasteiger partial charge in [-0.25, -0.2) is 18.4 Å². The van der Waals surface area contributed by atoms with Gasteiger partial charge in [0.1, 0.15) is 0 Å². The van der Waals surface area contributed by atoms with E-state index in [1.54, 1.807) is 6.08 Å². The van der Waals surface area contributed by atoms with Gasteiger partial charge in [-0.2, -0.15) is 0 Å². The van der Waals surface area contributed by atoms with Crippen molar-refractivity contribution in [1.29, 1.82) is 0 Å². The molecule has 1 aromatic heterocycles. The molecule has 0 spiro atoms. The standard InChI is InChI=1S/C13H11N3O4S3/c17-12-10(22-13(21)16(12)5-6-23(18,19)20)7-11-14-8-3-1-2-4-9(8)15-11/h1-4,7,17H,5-6H2,(H,18,19,20)/p-1. The zero-order valence-corrected chi connectivity index (χ0v) is 14.0. The summed E-state index contributed by atoms with van der Waals surface area (Å²) in [6, 6.07) is 7.35. The maximum Gasteiger partial charge on any atom is 0.210 e. The van der Waals surface area contributed by atoms with Crippen molar-refractivity contribution < 1.29 is 18.1 Å². The molecule has 0 saturated carbocycles. The zero-order chi connectivity index (χ0) is 16.6. The first-order chi connectivity index (χ1) is 10.8. The summed E-state index contributed by atoms with van der Waals surface area (Å²) < 4.78 is 33.6. The fraction of sp³-hybridized carbons (Fsp3) is 0.154. The van der Waals surface area contributed by atoms with Crippen molar-refractivity contribution in [3.05, 3.63) is 49.6 Å². The molecule has 2 aromatic rings. The molecule has 0 fully saturated rings. The van der Waals surface area contributed by atoms with E-state index in [2.05, 4.69) is 9.98 Å². The normalized spacial score (nSPS) is 13.3. The lowest BCUT2D eigenvalue weighted by molar-refractivity contribution is 0.415. The van der Waals surface area contributed by atoms with E-state index in [9.17, 15) is 18.1 Å². The number of benzene rings is 1. The predicted molar refractivity (Wildman–Crippen MR) is 86.1 cm³/mol. The lowest BCUT2D eigenvalue weighted by Gasteiger charge is -2.08. The minimum atomic E-state index is -4.38. The molecule has 0 radical (unpaired) electrons. The summed E-state index contributed by atoms with van der Waals surface area (Å²) in [4.78, 5) is 9.04. The highest BCUT2D eigenvalue weighted by molar-refractivity contribution is 7.85. The molecule has 3 rings (SSSR count). The van der Waals surface area contributed by atoms with Crippen molar-refractivity contribution in [3.63, 3.8) is 0 Å². The molecule has 0 saturated heterocycles. The van der Waals surface area contributed by atoms with E-state index in [0.29, 0.717) is 10.7 Å². The number of aromatic nitrogens is 1. The van der Waals surface area contributed by atoms with E-state index in [1.165, 1.54) is 4.57 Å². The SMILES string of the molecule is O=S(=O)([O-])CCn1c(O)c(C=C2N=c3ccccc3=N2)sc1=S. The number of fused-ring (bicyclic) bond motifs is 1.